The van der Waals surface area contributed by atoms with E-state index >= 15 is 0 Å². The van der Waals surface area contributed by atoms with Crippen molar-refractivity contribution in [2.24, 2.45) is 49.9 Å². The van der Waals surface area contributed by atoms with Crippen molar-refractivity contribution in [3.05, 3.63) is 151 Å². The Labute approximate surface area is 724 Å². The summed E-state index contributed by atoms with van der Waals surface area (Å²) in [5.41, 5.74) is 14.6. The van der Waals surface area contributed by atoms with E-state index in [1.807, 2.05) is 106 Å². The fraction of sp³-hybridized carbons (Fsp3) is 0.600. The zero-order valence-corrected chi connectivity index (χ0v) is 78.3. The van der Waals surface area contributed by atoms with Crippen LogP contribution in [0, 0.1) is 35.5 Å². The van der Waals surface area contributed by atoms with Gasteiger partial charge in [0.05, 0.1) is 56.7 Å². The highest BCUT2D eigenvalue weighted by molar-refractivity contribution is 7.12. The van der Waals surface area contributed by atoms with Crippen LogP contribution in [0.5, 0.6) is 0 Å². The highest BCUT2D eigenvalue weighted by atomic mass is 32.1. The van der Waals surface area contributed by atoms with Gasteiger partial charge in [0.1, 0.15) is 21.0 Å². The van der Waals surface area contributed by atoms with E-state index in [-0.39, 0.29) is 81.0 Å². The number of rotatable bonds is 10. The molecule has 3 saturated heterocycles. The van der Waals surface area contributed by atoms with E-state index in [0.29, 0.717) is 92.3 Å². The molecule has 3 atom stereocenters. The summed E-state index contributed by atoms with van der Waals surface area (Å²) in [4.78, 5) is 133. The lowest BCUT2D eigenvalue weighted by atomic mass is 9.94. The van der Waals surface area contributed by atoms with E-state index in [1.54, 1.807) is 77.7 Å². The van der Waals surface area contributed by atoms with Crippen LogP contribution in [-0.2, 0) is 63.8 Å². The summed E-state index contributed by atoms with van der Waals surface area (Å²) in [6.07, 6.45) is 8.44. The Morgan fingerprint density at radius 2 is 0.828 bits per heavy atom. The van der Waals surface area contributed by atoms with Gasteiger partial charge in [0, 0.05) is 135 Å². The molecule has 3 amide bonds. The number of amides is 3. The lowest BCUT2D eigenvalue weighted by molar-refractivity contribution is 0.0195. The van der Waals surface area contributed by atoms with Crippen molar-refractivity contribution in [1.29, 1.82) is 0 Å². The van der Waals surface area contributed by atoms with Gasteiger partial charge in [-0.15, -0.1) is 22.7 Å². The third-order valence-corrected chi connectivity index (χ3v) is 22.7. The first kappa shape index (κ1) is 95.9. The number of likely N-dealkylation sites (tertiary alicyclic amines) is 2. The predicted molar refractivity (Wildman–Crippen MR) is 484 cm³/mol. The minimum Gasteiger partial charge on any atom is -0.477 e. The van der Waals surface area contributed by atoms with Gasteiger partial charge >= 0.3 is 40.9 Å². The minimum atomic E-state index is -0.894. The Morgan fingerprint density at radius 1 is 0.475 bits per heavy atom. The standard InChI is InChI=1S/C22H29N5O2S.C22H34N4O3.C22H32N4O3.C17H26N4O.C5H5NO2S.C2H6O/c1-14-18(30-13-23-14)20(28)26-10-6-7-15(11-26)16-8-9-17-19(24-16)25(5)21(29)27(17)12-22(2,3)4;2*1-21(2,3)14-26-17-11-10-16(23-18(17)24(7)19(26)27)15-9-8-12-25(13-15)20(28)29-22(4,5)6;1-17(2,3)11-21-14-8-7-13(12-6-5-9-18-10-12)19-15(14)20(4)16(21)22;1-3-4(5(7)8)9-2-6-3;1-2-3/h8-9,13,15H,6-7,10-12H2,1-5H3;10-11,15H,8-9,12-14H2,1-7H3;9-11H,8,12-14H2,1-7H3;7-8,12,18H,5-6,9-11H2,1-4H3;2H,1H3,(H,7,8);3H,2H2,1H3. The first-order chi connectivity index (χ1) is 56.9. The molecule has 32 heteroatoms. The molecule has 4 aliphatic rings. The third-order valence-electron chi connectivity index (χ3n) is 20.9. The van der Waals surface area contributed by atoms with Gasteiger partial charge in [-0.25, -0.2) is 63.5 Å². The lowest BCUT2D eigenvalue weighted by Crippen LogP contribution is -2.42. The van der Waals surface area contributed by atoms with Crippen LogP contribution in [0.15, 0.2) is 84.8 Å². The predicted octanol–water partition coefficient (Wildman–Crippen LogP) is 14.7. The largest absolute Gasteiger partial charge is 0.477 e. The van der Waals surface area contributed by atoms with Crippen molar-refractivity contribution in [2.45, 2.75) is 245 Å². The number of pyridine rings is 4. The number of nitrogens with zero attached hydrogens (tertiary/aromatic N) is 17. The number of carbonyl (C=O) groups is 4. The molecule has 14 heterocycles. The van der Waals surface area contributed by atoms with E-state index in [0.717, 1.165) is 130 Å². The highest BCUT2D eigenvalue weighted by Crippen LogP contribution is 2.34. The molecule has 0 radical (unpaired) electrons. The Morgan fingerprint density at radius 3 is 1.18 bits per heavy atom. The first-order valence-electron chi connectivity index (χ1n) is 42.4. The van der Waals surface area contributed by atoms with Crippen molar-refractivity contribution in [3.8, 4) is 0 Å². The summed E-state index contributed by atoms with van der Waals surface area (Å²) in [7, 11) is 7.13. The lowest BCUT2D eigenvalue weighted by Gasteiger charge is -2.34. The maximum atomic E-state index is 12.9. The van der Waals surface area contributed by atoms with Crippen LogP contribution >= 0.6 is 22.7 Å². The number of thiazole rings is 2. The normalized spacial score (nSPS) is 16.8. The molecule has 4 aliphatic heterocycles. The Bertz CT molecular complexity index is 5640. The van der Waals surface area contributed by atoms with Gasteiger partial charge in [-0.3, -0.25) is 41.3 Å². The van der Waals surface area contributed by atoms with Gasteiger partial charge in [0.2, 0.25) is 0 Å². The summed E-state index contributed by atoms with van der Waals surface area (Å²) < 4.78 is 24.8. The summed E-state index contributed by atoms with van der Waals surface area (Å²) in [6, 6.07) is 16.1. The van der Waals surface area contributed by atoms with Crippen LogP contribution in [0.3, 0.4) is 0 Å². The number of piperidine rings is 3. The second kappa shape index (κ2) is 39.3. The number of fused-ring (bicyclic) bond motifs is 4. The molecule has 0 aromatic carbocycles. The molecule has 0 bridgehead atoms. The molecular weight excluding hydrogens is 1590 g/mol. The number of carbonyl (C=O) groups excluding carboxylic acids is 3. The molecule has 3 fully saturated rings. The molecule has 0 aliphatic carbocycles. The number of nitrogens with one attached hydrogen (secondary N) is 1. The van der Waals surface area contributed by atoms with Crippen molar-refractivity contribution in [1.82, 2.24) is 86.5 Å². The number of aromatic nitrogens is 14. The van der Waals surface area contributed by atoms with Crippen molar-refractivity contribution in [2.75, 3.05) is 59.0 Å². The average Bonchev–Trinajstić information content (AvgIpc) is 1.63. The van der Waals surface area contributed by atoms with Gasteiger partial charge in [-0.2, -0.15) is 0 Å². The van der Waals surface area contributed by atoms with Gasteiger partial charge in [0.15, 0.2) is 22.6 Å². The molecule has 14 rings (SSSR count). The quantitative estimate of drug-likeness (QED) is 0.114. The number of carboxylic acids is 1. The first-order valence-corrected chi connectivity index (χ1v) is 44.2. The summed E-state index contributed by atoms with van der Waals surface area (Å²) >= 11 is 2.55. The maximum Gasteiger partial charge on any atom is 0.410 e. The number of carboxylic acid groups (broad SMARTS) is 1. The van der Waals surface area contributed by atoms with E-state index in [1.165, 1.54) is 29.7 Å². The Hall–Kier alpha value is -9.92. The van der Waals surface area contributed by atoms with Crippen LogP contribution in [0.1, 0.15) is 248 Å². The second-order valence-corrected chi connectivity index (χ2v) is 40.9. The molecule has 0 spiro atoms. The van der Waals surface area contributed by atoms with Gasteiger partial charge in [0.25, 0.3) is 5.91 Å². The molecule has 122 heavy (non-hydrogen) atoms. The third kappa shape index (κ3) is 24.7. The zero-order valence-electron chi connectivity index (χ0n) is 76.6. The fourth-order valence-corrected chi connectivity index (χ4v) is 16.7. The number of hydrogen-bond acceptors (Lipinski definition) is 20. The number of hydrogen-bond donors (Lipinski definition) is 3. The molecular formula is C90H132N18O12S2. The van der Waals surface area contributed by atoms with Crippen molar-refractivity contribution >= 4 is 97.0 Å². The number of aliphatic hydroxyl groups is 1. The van der Waals surface area contributed by atoms with Crippen LogP contribution in [0.2, 0.25) is 0 Å². The highest BCUT2D eigenvalue weighted by Gasteiger charge is 2.34. The van der Waals surface area contributed by atoms with E-state index in [9.17, 15) is 38.4 Å². The monoisotopic (exact) mass is 1720 g/mol. The topological polar surface area (TPSA) is 334 Å². The number of aliphatic hydroxyl groups excluding tert-OH is 1. The van der Waals surface area contributed by atoms with Crippen molar-refractivity contribution < 1.29 is 38.9 Å². The second-order valence-electron chi connectivity index (χ2n) is 39.2. The van der Waals surface area contributed by atoms with Gasteiger partial charge in [-0.05, 0) is 190 Å². The smallest absolute Gasteiger partial charge is 0.410 e. The molecule has 10 aromatic heterocycles. The van der Waals surface area contributed by atoms with Crippen LogP contribution in [0.25, 0.3) is 50.2 Å². The minimum absolute atomic E-state index is 0.00417. The van der Waals surface area contributed by atoms with Crippen LogP contribution in [-0.4, -0.2) is 186 Å². The number of aromatic carboxylic acids is 1. The molecule has 3 N–H and O–H groups in total. The molecule has 30 nitrogen and oxygen atoms in total. The summed E-state index contributed by atoms with van der Waals surface area (Å²) in [5.74, 6) is -0.0677. The number of ether oxygens (including phenoxy) is 2. The van der Waals surface area contributed by atoms with Crippen LogP contribution < -0.4 is 28.1 Å². The zero-order chi connectivity index (χ0) is 90.2. The molecule has 10 aromatic rings. The summed E-state index contributed by atoms with van der Waals surface area (Å²) in [6.45, 7) is 50.7. The van der Waals surface area contributed by atoms with E-state index in [4.69, 9.17) is 39.6 Å². The molecule has 0 saturated carbocycles. The van der Waals surface area contributed by atoms with Gasteiger partial charge in [-0.1, -0.05) is 89.2 Å². The van der Waals surface area contributed by atoms with Crippen molar-refractivity contribution in [3.63, 3.8) is 0 Å². The fourth-order valence-electron chi connectivity index (χ4n) is 15.3. The molecule has 3 unspecified atom stereocenters. The number of aryl methyl sites for hydroxylation is 6. The van der Waals surface area contributed by atoms with E-state index in [2.05, 4.69) is 117 Å². The van der Waals surface area contributed by atoms with Crippen LogP contribution in [0.4, 0.5) is 9.59 Å². The van der Waals surface area contributed by atoms with E-state index < -0.39 is 17.2 Å². The van der Waals surface area contributed by atoms with Gasteiger partial charge < -0.3 is 39.7 Å². The average molecular weight is 1720 g/mol. The molecule has 666 valence electrons. The maximum absolute atomic E-state index is 12.9. The number of imidazole rings is 4. The Balaban J connectivity index is 0.000000177. The summed E-state index contributed by atoms with van der Waals surface area (Å²) in [5, 5.41) is 19.4. The Kier molecular flexibility index (Phi) is 30.9. The SMILES string of the molecule is CCO.Cc1ncsc1C(=O)N1CCCC(c2ccc3c(n2)n(C)c(=O)n3CC(C)(C)C)C1.Cc1ncsc1C(=O)O.Cn1c(=O)n(CC(C)(C)C)c2ccc(C3=CCCN(C(=O)OC(C)(C)C)C3)nc21.Cn1c(=O)n(CC(C)(C)C)c2ccc(C3CCCN(C(=O)OC(C)(C)C)C3)nc21.Cn1c(=O)n(CC(C)(C)C)c2ccc(C3CCCNC3)nc21.